The van der Waals surface area contributed by atoms with E-state index in [9.17, 15) is 24.9 Å². The number of aliphatic carboxylic acids is 1. The summed E-state index contributed by atoms with van der Waals surface area (Å²) in [6.07, 6.45) is 5.13. The number of aliphatic hydroxyl groups excluding tert-OH is 1. The Morgan fingerprint density at radius 3 is 2.65 bits per heavy atom. The van der Waals surface area contributed by atoms with E-state index >= 15 is 0 Å². The number of rotatable bonds is 4. The highest BCUT2D eigenvalue weighted by Crippen LogP contribution is 2.44. The zero-order valence-corrected chi connectivity index (χ0v) is 11.8. The largest absolute Gasteiger partial charge is 0.545 e. The monoisotopic (exact) mass is 279 g/mol. The fourth-order valence-corrected chi connectivity index (χ4v) is 2.39. The fraction of sp³-hybridized carbons (Fsp3) is 0.467. The second kappa shape index (κ2) is 5.73. The van der Waals surface area contributed by atoms with Crippen LogP contribution in [-0.2, 0) is 9.59 Å². The molecule has 0 radical (unpaired) electrons. The van der Waals surface area contributed by atoms with Crippen molar-refractivity contribution in [2.24, 2.45) is 5.41 Å². The minimum absolute atomic E-state index is 0.0188. The molecule has 5 nitrogen and oxygen atoms in total. The standard InChI is InChI=1S/C15H20O5/c1-10(6-13(18)19)4-5-15(20)11(2)7-12(17)8-14(15,3)9-16/h4-7,16,20H,8-9H2,1-3H3,(H,18,19)/p-1/b5-4+,10-6-/t14-,15+/m0/s1. The minimum atomic E-state index is -1.50. The lowest BCUT2D eigenvalue weighted by molar-refractivity contribution is -0.297. The molecule has 110 valence electrons. The van der Waals surface area contributed by atoms with E-state index in [4.69, 9.17) is 0 Å². The maximum Gasteiger partial charge on any atom is 0.156 e. The van der Waals surface area contributed by atoms with E-state index in [-0.39, 0.29) is 18.8 Å². The van der Waals surface area contributed by atoms with Crippen molar-refractivity contribution in [3.63, 3.8) is 0 Å². The third-order valence-corrected chi connectivity index (χ3v) is 3.75. The summed E-state index contributed by atoms with van der Waals surface area (Å²) in [6, 6.07) is 0. The third-order valence-electron chi connectivity index (χ3n) is 3.75. The summed E-state index contributed by atoms with van der Waals surface area (Å²) in [6.45, 7) is 4.41. The zero-order chi connectivity index (χ0) is 15.6. The number of carbonyl (C=O) groups excluding carboxylic acids is 2. The molecule has 5 heteroatoms. The Hall–Kier alpha value is -1.72. The second-order valence-corrected chi connectivity index (χ2v) is 5.50. The zero-order valence-electron chi connectivity index (χ0n) is 11.8. The highest BCUT2D eigenvalue weighted by Gasteiger charge is 2.49. The molecule has 0 saturated heterocycles. The first-order valence-electron chi connectivity index (χ1n) is 6.28. The van der Waals surface area contributed by atoms with Crippen molar-refractivity contribution in [3.05, 3.63) is 35.5 Å². The maximum absolute atomic E-state index is 11.6. The normalized spacial score (nSPS) is 31.6. The van der Waals surface area contributed by atoms with Crippen molar-refractivity contribution in [1.29, 1.82) is 0 Å². The minimum Gasteiger partial charge on any atom is -0.545 e. The van der Waals surface area contributed by atoms with Gasteiger partial charge in [0.15, 0.2) is 5.78 Å². The Labute approximate surface area is 117 Å². The summed E-state index contributed by atoms with van der Waals surface area (Å²) in [7, 11) is 0. The van der Waals surface area contributed by atoms with Gasteiger partial charge in [-0.05, 0) is 43.2 Å². The molecular weight excluding hydrogens is 260 g/mol. The van der Waals surface area contributed by atoms with Gasteiger partial charge in [-0.25, -0.2) is 0 Å². The summed E-state index contributed by atoms with van der Waals surface area (Å²) in [5.41, 5.74) is -1.73. The average molecular weight is 279 g/mol. The van der Waals surface area contributed by atoms with Gasteiger partial charge >= 0.3 is 0 Å². The summed E-state index contributed by atoms with van der Waals surface area (Å²) in [5, 5.41) is 30.8. The molecule has 1 aliphatic carbocycles. The van der Waals surface area contributed by atoms with Crippen molar-refractivity contribution < 1.29 is 24.9 Å². The lowest BCUT2D eigenvalue weighted by Crippen LogP contribution is -2.52. The smallest absolute Gasteiger partial charge is 0.156 e. The number of aliphatic hydroxyl groups is 2. The fourth-order valence-electron chi connectivity index (χ4n) is 2.39. The van der Waals surface area contributed by atoms with E-state index in [1.807, 2.05) is 0 Å². The molecule has 0 aromatic carbocycles. The molecule has 1 aliphatic rings. The van der Waals surface area contributed by atoms with Crippen molar-refractivity contribution >= 4 is 11.8 Å². The van der Waals surface area contributed by atoms with Crippen LogP contribution in [0.1, 0.15) is 27.2 Å². The summed E-state index contributed by atoms with van der Waals surface area (Å²) >= 11 is 0. The van der Waals surface area contributed by atoms with Crippen LogP contribution in [0.4, 0.5) is 0 Å². The van der Waals surface area contributed by atoms with Crippen LogP contribution < -0.4 is 5.11 Å². The molecule has 0 unspecified atom stereocenters. The predicted molar refractivity (Wildman–Crippen MR) is 71.4 cm³/mol. The Morgan fingerprint density at radius 2 is 2.15 bits per heavy atom. The molecule has 0 fully saturated rings. The van der Waals surface area contributed by atoms with Crippen LogP contribution in [0.15, 0.2) is 35.5 Å². The molecule has 0 heterocycles. The molecule has 2 atom stereocenters. The molecule has 0 aliphatic heterocycles. The molecule has 20 heavy (non-hydrogen) atoms. The number of carboxylic acid groups (broad SMARTS) is 1. The van der Waals surface area contributed by atoms with Gasteiger partial charge in [0.05, 0.1) is 12.6 Å². The van der Waals surface area contributed by atoms with Crippen LogP contribution >= 0.6 is 0 Å². The van der Waals surface area contributed by atoms with Gasteiger partial charge in [-0.15, -0.1) is 0 Å². The molecule has 0 saturated carbocycles. The van der Waals surface area contributed by atoms with Crippen molar-refractivity contribution in [3.8, 4) is 0 Å². The number of ketones is 1. The van der Waals surface area contributed by atoms with Crippen LogP contribution in [0, 0.1) is 5.41 Å². The van der Waals surface area contributed by atoms with Crippen LogP contribution in [0.3, 0.4) is 0 Å². The Kier molecular flexibility index (Phi) is 4.68. The Balaban J connectivity index is 3.22. The van der Waals surface area contributed by atoms with E-state index in [0.29, 0.717) is 11.1 Å². The first-order chi connectivity index (χ1) is 9.14. The summed E-state index contributed by atoms with van der Waals surface area (Å²) in [4.78, 5) is 22.1. The molecule has 0 amide bonds. The Morgan fingerprint density at radius 1 is 1.55 bits per heavy atom. The number of allylic oxidation sites excluding steroid dienone is 3. The first-order valence-corrected chi connectivity index (χ1v) is 6.28. The van der Waals surface area contributed by atoms with Gasteiger partial charge in [-0.3, -0.25) is 4.79 Å². The summed E-state index contributed by atoms with van der Waals surface area (Å²) in [5.74, 6) is -1.48. The third kappa shape index (κ3) is 3.05. The maximum atomic E-state index is 11.6. The molecule has 0 aromatic heterocycles. The van der Waals surface area contributed by atoms with Crippen LogP contribution in [0.25, 0.3) is 0 Å². The van der Waals surface area contributed by atoms with Gasteiger partial charge in [0, 0.05) is 11.8 Å². The topological polar surface area (TPSA) is 97.7 Å². The van der Waals surface area contributed by atoms with Gasteiger partial charge in [0.2, 0.25) is 0 Å². The molecule has 0 bridgehead atoms. The number of carboxylic acids is 1. The lowest BCUT2D eigenvalue weighted by atomic mass is 9.64. The average Bonchev–Trinajstić information content (AvgIpc) is 2.33. The van der Waals surface area contributed by atoms with Crippen molar-refractivity contribution in [2.75, 3.05) is 6.61 Å². The number of hydrogen-bond acceptors (Lipinski definition) is 5. The lowest BCUT2D eigenvalue weighted by Gasteiger charge is -2.45. The van der Waals surface area contributed by atoms with Crippen LogP contribution in [-0.4, -0.2) is 34.2 Å². The molecule has 0 aromatic rings. The SMILES string of the molecule is CC1=CC(=O)C[C@@](C)(CO)[C@@]1(O)/C=C/C(C)=C\C(=O)[O-]. The van der Waals surface area contributed by atoms with Gasteiger partial charge < -0.3 is 20.1 Å². The molecule has 0 spiro atoms. The first kappa shape index (κ1) is 16.3. The van der Waals surface area contributed by atoms with E-state index in [1.54, 1.807) is 20.8 Å². The van der Waals surface area contributed by atoms with Gasteiger partial charge in [0.25, 0.3) is 0 Å². The van der Waals surface area contributed by atoms with Gasteiger partial charge in [0.1, 0.15) is 5.60 Å². The summed E-state index contributed by atoms with van der Waals surface area (Å²) < 4.78 is 0. The highest BCUT2D eigenvalue weighted by molar-refractivity contribution is 5.93. The quantitative estimate of drug-likeness (QED) is 0.552. The molecular formula is C15H19O5-. The Bertz CT molecular complexity index is 514. The van der Waals surface area contributed by atoms with E-state index in [2.05, 4.69) is 0 Å². The van der Waals surface area contributed by atoms with Gasteiger partial charge in [-0.1, -0.05) is 13.0 Å². The van der Waals surface area contributed by atoms with Crippen molar-refractivity contribution in [2.45, 2.75) is 32.8 Å². The second-order valence-electron chi connectivity index (χ2n) is 5.50. The number of carbonyl (C=O) groups is 2. The molecule has 1 rings (SSSR count). The van der Waals surface area contributed by atoms with E-state index < -0.39 is 17.0 Å². The number of hydrogen-bond donors (Lipinski definition) is 2. The highest BCUT2D eigenvalue weighted by atomic mass is 16.4. The van der Waals surface area contributed by atoms with Crippen LogP contribution in [0.5, 0.6) is 0 Å². The van der Waals surface area contributed by atoms with Crippen LogP contribution in [0.2, 0.25) is 0 Å². The van der Waals surface area contributed by atoms with E-state index in [0.717, 1.165) is 6.08 Å². The van der Waals surface area contributed by atoms with E-state index in [1.165, 1.54) is 18.2 Å². The van der Waals surface area contributed by atoms with Gasteiger partial charge in [-0.2, -0.15) is 0 Å². The molecule has 2 N–H and O–H groups in total. The predicted octanol–water partition coefficient (Wildman–Crippen LogP) is -0.112. The van der Waals surface area contributed by atoms with Crippen molar-refractivity contribution in [1.82, 2.24) is 0 Å².